The number of benzene rings is 1. The van der Waals surface area contributed by atoms with Gasteiger partial charge in [0.2, 0.25) is 0 Å². The van der Waals surface area contributed by atoms with E-state index in [1.807, 2.05) is 10.6 Å². The standard InChI is InChI=1S/C12H9Cl2N5/c13-8-1-2-9(14)7(3-8)4-19-6-18-11(15)10-12(19)17-5-16-10/h1-3,5-6,15H,4H2,(H,16,17). The van der Waals surface area contributed by atoms with Crippen molar-refractivity contribution in [3.63, 3.8) is 0 Å². The van der Waals surface area contributed by atoms with E-state index in [1.165, 1.54) is 0 Å². The van der Waals surface area contributed by atoms with Crippen LogP contribution >= 0.6 is 23.2 Å². The Morgan fingerprint density at radius 3 is 2.95 bits per heavy atom. The van der Waals surface area contributed by atoms with Crippen molar-refractivity contribution < 1.29 is 0 Å². The highest BCUT2D eigenvalue weighted by atomic mass is 35.5. The Morgan fingerprint density at radius 2 is 2.11 bits per heavy atom. The van der Waals surface area contributed by atoms with E-state index in [4.69, 9.17) is 28.6 Å². The summed E-state index contributed by atoms with van der Waals surface area (Å²) >= 11 is 12.1. The van der Waals surface area contributed by atoms with Gasteiger partial charge in [-0.2, -0.15) is 0 Å². The van der Waals surface area contributed by atoms with Crippen LogP contribution in [-0.4, -0.2) is 19.5 Å². The molecular weight excluding hydrogens is 285 g/mol. The summed E-state index contributed by atoms with van der Waals surface area (Å²) in [6.45, 7) is 0.494. The fraction of sp³-hybridized carbons (Fsp3) is 0.0833. The van der Waals surface area contributed by atoms with Crippen LogP contribution in [0.25, 0.3) is 11.2 Å². The van der Waals surface area contributed by atoms with Gasteiger partial charge in [-0.15, -0.1) is 0 Å². The Kier molecular flexibility index (Phi) is 3.00. The highest BCUT2D eigenvalue weighted by molar-refractivity contribution is 6.33. The van der Waals surface area contributed by atoms with Crippen molar-refractivity contribution in [2.75, 3.05) is 0 Å². The molecule has 0 aliphatic rings. The third kappa shape index (κ3) is 2.22. The second kappa shape index (κ2) is 4.68. The maximum atomic E-state index is 7.69. The lowest BCUT2D eigenvalue weighted by Gasteiger charge is -2.09. The highest BCUT2D eigenvalue weighted by Crippen LogP contribution is 2.22. The smallest absolute Gasteiger partial charge is 0.173 e. The van der Waals surface area contributed by atoms with E-state index in [-0.39, 0.29) is 5.49 Å². The minimum absolute atomic E-state index is 0.168. The molecule has 0 saturated carbocycles. The molecule has 0 aliphatic carbocycles. The van der Waals surface area contributed by atoms with Gasteiger partial charge in [0.1, 0.15) is 5.52 Å². The summed E-state index contributed by atoms with van der Waals surface area (Å²) < 4.78 is 1.82. The quantitative estimate of drug-likeness (QED) is 0.762. The van der Waals surface area contributed by atoms with Crippen LogP contribution in [0.3, 0.4) is 0 Å². The molecule has 2 aromatic heterocycles. The van der Waals surface area contributed by atoms with Gasteiger partial charge < -0.3 is 9.55 Å². The molecule has 7 heteroatoms. The number of hydrogen-bond acceptors (Lipinski definition) is 3. The first kappa shape index (κ1) is 12.2. The lowest BCUT2D eigenvalue weighted by atomic mass is 10.2. The summed E-state index contributed by atoms with van der Waals surface area (Å²) in [4.78, 5) is 11.1. The van der Waals surface area contributed by atoms with Gasteiger partial charge in [-0.25, -0.2) is 9.97 Å². The van der Waals surface area contributed by atoms with Gasteiger partial charge >= 0.3 is 0 Å². The van der Waals surface area contributed by atoms with Crippen molar-refractivity contribution in [2.45, 2.75) is 6.54 Å². The summed E-state index contributed by atoms with van der Waals surface area (Å²) in [6, 6.07) is 5.31. The van der Waals surface area contributed by atoms with Crippen LogP contribution in [0.2, 0.25) is 10.0 Å². The number of nitrogens with one attached hydrogen (secondary N) is 2. The molecule has 3 rings (SSSR count). The first-order chi connectivity index (χ1) is 9.15. The van der Waals surface area contributed by atoms with Crippen molar-refractivity contribution in [3.05, 3.63) is 52.0 Å². The van der Waals surface area contributed by atoms with Crippen molar-refractivity contribution >= 4 is 34.4 Å². The second-order valence-electron chi connectivity index (χ2n) is 4.06. The molecular formula is C12H9Cl2N5. The summed E-state index contributed by atoms with van der Waals surface area (Å²) in [5.74, 6) is 0. The average Bonchev–Trinajstić information content (AvgIpc) is 2.87. The van der Waals surface area contributed by atoms with Crippen molar-refractivity contribution in [3.8, 4) is 0 Å². The van der Waals surface area contributed by atoms with Gasteiger partial charge in [0, 0.05) is 10.0 Å². The van der Waals surface area contributed by atoms with Crippen molar-refractivity contribution in [1.82, 2.24) is 19.5 Å². The molecule has 0 bridgehead atoms. The molecule has 0 aliphatic heterocycles. The number of H-pyrrole nitrogens is 1. The van der Waals surface area contributed by atoms with Crippen molar-refractivity contribution in [1.29, 1.82) is 5.41 Å². The highest BCUT2D eigenvalue weighted by Gasteiger charge is 2.07. The van der Waals surface area contributed by atoms with Crippen LogP contribution in [0.1, 0.15) is 5.56 Å². The number of nitrogens with zero attached hydrogens (tertiary/aromatic N) is 3. The summed E-state index contributed by atoms with van der Waals surface area (Å²) in [6.07, 6.45) is 3.11. The normalized spacial score (nSPS) is 11.1. The Morgan fingerprint density at radius 1 is 1.26 bits per heavy atom. The zero-order valence-electron chi connectivity index (χ0n) is 9.69. The van der Waals surface area contributed by atoms with Crippen LogP contribution in [0.5, 0.6) is 0 Å². The molecule has 5 nitrogen and oxygen atoms in total. The number of aromatic nitrogens is 4. The monoisotopic (exact) mass is 293 g/mol. The maximum absolute atomic E-state index is 7.69. The van der Waals surface area contributed by atoms with Gasteiger partial charge in [-0.05, 0) is 23.8 Å². The predicted molar refractivity (Wildman–Crippen MR) is 73.3 cm³/mol. The first-order valence-electron chi connectivity index (χ1n) is 5.52. The Bertz CT molecular complexity index is 805. The van der Waals surface area contributed by atoms with E-state index in [0.717, 1.165) is 5.56 Å². The third-order valence-electron chi connectivity index (χ3n) is 2.80. The minimum Gasteiger partial charge on any atom is -0.340 e. The van der Waals surface area contributed by atoms with Gasteiger partial charge in [-0.3, -0.25) is 5.41 Å². The topological polar surface area (TPSA) is 70.3 Å². The molecule has 0 fully saturated rings. The zero-order valence-corrected chi connectivity index (χ0v) is 11.2. The molecule has 0 radical (unpaired) electrons. The lowest BCUT2D eigenvalue weighted by Crippen LogP contribution is -2.13. The molecule has 19 heavy (non-hydrogen) atoms. The molecule has 0 atom stereocenters. The predicted octanol–water partition coefficient (Wildman–Crippen LogP) is 2.59. The Balaban J connectivity index is 2.11. The van der Waals surface area contributed by atoms with Crippen molar-refractivity contribution in [2.24, 2.45) is 0 Å². The SMILES string of the molecule is N=c1ncn(Cc2cc(Cl)ccc2Cl)c2nc[nH]c12. The second-order valence-corrected chi connectivity index (χ2v) is 4.90. The minimum atomic E-state index is 0.168. The van der Waals surface area contributed by atoms with Crippen LogP contribution < -0.4 is 5.49 Å². The third-order valence-corrected chi connectivity index (χ3v) is 3.41. The van der Waals surface area contributed by atoms with Gasteiger partial charge in [-0.1, -0.05) is 23.2 Å². The van der Waals surface area contributed by atoms with E-state index in [2.05, 4.69) is 15.0 Å². The zero-order chi connectivity index (χ0) is 13.4. The van der Waals surface area contributed by atoms with E-state index in [1.54, 1.807) is 24.8 Å². The molecule has 96 valence electrons. The maximum Gasteiger partial charge on any atom is 0.173 e. The Hall–Kier alpha value is -1.85. The van der Waals surface area contributed by atoms with Crippen LogP contribution in [0.4, 0.5) is 0 Å². The van der Waals surface area contributed by atoms with Crippen LogP contribution in [0, 0.1) is 5.41 Å². The number of rotatable bonds is 2. The van der Waals surface area contributed by atoms with E-state index in [9.17, 15) is 0 Å². The Labute approximate surface area is 118 Å². The van der Waals surface area contributed by atoms with E-state index >= 15 is 0 Å². The largest absolute Gasteiger partial charge is 0.340 e. The first-order valence-corrected chi connectivity index (χ1v) is 6.28. The van der Waals surface area contributed by atoms with Gasteiger partial charge in [0.15, 0.2) is 11.1 Å². The molecule has 0 saturated heterocycles. The molecule has 1 aromatic carbocycles. The summed E-state index contributed by atoms with van der Waals surface area (Å²) in [5.41, 5.74) is 2.31. The lowest BCUT2D eigenvalue weighted by molar-refractivity contribution is 0.784. The number of aromatic amines is 1. The number of imidazole rings is 1. The number of fused-ring (bicyclic) bond motifs is 1. The van der Waals surface area contributed by atoms with Crippen LogP contribution in [-0.2, 0) is 6.54 Å². The van der Waals surface area contributed by atoms with Gasteiger partial charge in [0.05, 0.1) is 19.2 Å². The molecule has 0 unspecified atom stereocenters. The fourth-order valence-corrected chi connectivity index (χ4v) is 2.26. The average molecular weight is 294 g/mol. The van der Waals surface area contributed by atoms with Gasteiger partial charge in [0.25, 0.3) is 0 Å². The summed E-state index contributed by atoms with van der Waals surface area (Å²) in [7, 11) is 0. The van der Waals surface area contributed by atoms with Crippen LogP contribution in [0.15, 0.2) is 30.9 Å². The molecule has 2 heterocycles. The van der Waals surface area contributed by atoms with E-state index in [0.29, 0.717) is 27.8 Å². The van der Waals surface area contributed by atoms with E-state index < -0.39 is 0 Å². The fourth-order valence-electron chi connectivity index (χ4n) is 1.89. The molecule has 0 amide bonds. The molecule has 0 spiro atoms. The number of halogens is 2. The molecule has 2 N–H and O–H groups in total. The number of hydrogen-bond donors (Lipinski definition) is 2. The molecule has 3 aromatic rings. The summed E-state index contributed by atoms with van der Waals surface area (Å²) in [5, 5.41) is 8.95.